The Bertz CT molecular complexity index is 1170. The van der Waals surface area contributed by atoms with Crippen LogP contribution in [0.5, 0.6) is 11.5 Å². The van der Waals surface area contributed by atoms with Crippen LogP contribution in [0, 0.1) is 0 Å². The van der Waals surface area contributed by atoms with Crippen LogP contribution >= 0.6 is 11.6 Å². The van der Waals surface area contributed by atoms with E-state index >= 15 is 0 Å². The Morgan fingerprint density at radius 1 is 1.19 bits per heavy atom. The van der Waals surface area contributed by atoms with Crippen LogP contribution in [-0.4, -0.2) is 47.5 Å². The second-order valence-corrected chi connectivity index (χ2v) is 8.78. The first-order valence-electron chi connectivity index (χ1n) is 10.4. The van der Waals surface area contributed by atoms with Gasteiger partial charge in [0.25, 0.3) is 0 Å². The van der Waals surface area contributed by atoms with Crippen molar-refractivity contribution in [3.63, 3.8) is 0 Å². The molecule has 1 aromatic heterocycles. The molecule has 0 unspecified atom stereocenters. The minimum absolute atomic E-state index is 0.00443. The number of piperidine rings is 1. The molecule has 3 aromatic rings. The molecule has 0 radical (unpaired) electrons. The molecule has 0 saturated carbocycles. The number of nitrogens with zero attached hydrogens (tertiary/aromatic N) is 1. The van der Waals surface area contributed by atoms with Gasteiger partial charge in [0.2, 0.25) is 0 Å². The fourth-order valence-electron chi connectivity index (χ4n) is 4.36. The molecular formula is C24H26ClNO5. The van der Waals surface area contributed by atoms with Gasteiger partial charge < -0.3 is 24.3 Å². The first kappa shape index (κ1) is 21.7. The van der Waals surface area contributed by atoms with Crippen molar-refractivity contribution in [2.45, 2.75) is 38.4 Å². The van der Waals surface area contributed by atoms with Gasteiger partial charge in [-0.25, -0.2) is 0 Å². The number of rotatable bonds is 4. The SMILES string of the molecule is CC(C)O[C@H]1CN(C)CC[C@H]1c1c(O)cc(O)c2c(=O)cc(-c3ccccc3Cl)oc12. The van der Waals surface area contributed by atoms with Gasteiger partial charge in [0.15, 0.2) is 5.43 Å². The number of phenols is 2. The van der Waals surface area contributed by atoms with E-state index in [9.17, 15) is 15.0 Å². The third kappa shape index (κ3) is 4.15. The van der Waals surface area contributed by atoms with Gasteiger partial charge in [0.05, 0.1) is 17.2 Å². The highest BCUT2D eigenvalue weighted by Gasteiger charge is 2.35. The summed E-state index contributed by atoms with van der Waals surface area (Å²) in [5.41, 5.74) is 0.823. The molecule has 1 aliphatic rings. The van der Waals surface area contributed by atoms with E-state index in [0.717, 1.165) is 6.54 Å². The first-order valence-corrected chi connectivity index (χ1v) is 10.8. The van der Waals surface area contributed by atoms with Crippen molar-refractivity contribution < 1.29 is 19.4 Å². The van der Waals surface area contributed by atoms with Gasteiger partial charge in [0, 0.05) is 35.7 Å². The highest BCUT2D eigenvalue weighted by Crippen LogP contribution is 2.43. The molecule has 1 aliphatic heterocycles. The van der Waals surface area contributed by atoms with E-state index in [-0.39, 0.29) is 46.4 Å². The lowest BCUT2D eigenvalue weighted by atomic mass is 9.85. The number of likely N-dealkylation sites (N-methyl/N-ethyl adjacent to an activating group) is 1. The average Bonchev–Trinajstić information content (AvgIpc) is 2.68. The topological polar surface area (TPSA) is 83.1 Å². The fraction of sp³-hybridized carbons (Fsp3) is 0.375. The monoisotopic (exact) mass is 443 g/mol. The molecule has 2 N–H and O–H groups in total. The summed E-state index contributed by atoms with van der Waals surface area (Å²) in [7, 11) is 2.03. The Hall–Kier alpha value is -2.54. The van der Waals surface area contributed by atoms with E-state index in [2.05, 4.69) is 4.90 Å². The molecule has 0 spiro atoms. The summed E-state index contributed by atoms with van der Waals surface area (Å²) < 4.78 is 12.3. The normalized spacial score (nSPS) is 19.9. The Morgan fingerprint density at radius 2 is 1.94 bits per heavy atom. The van der Waals surface area contributed by atoms with E-state index in [4.69, 9.17) is 20.8 Å². The van der Waals surface area contributed by atoms with Crippen LogP contribution in [0.25, 0.3) is 22.3 Å². The average molecular weight is 444 g/mol. The second kappa shape index (κ2) is 8.54. The molecule has 1 fully saturated rings. The molecule has 0 amide bonds. The van der Waals surface area contributed by atoms with Crippen LogP contribution in [0.2, 0.25) is 5.02 Å². The highest BCUT2D eigenvalue weighted by atomic mass is 35.5. The van der Waals surface area contributed by atoms with Gasteiger partial charge in [-0.2, -0.15) is 0 Å². The van der Waals surface area contributed by atoms with Crippen molar-refractivity contribution in [2.75, 3.05) is 20.1 Å². The predicted molar refractivity (Wildman–Crippen MR) is 121 cm³/mol. The van der Waals surface area contributed by atoms with E-state index in [1.807, 2.05) is 20.9 Å². The second-order valence-electron chi connectivity index (χ2n) is 8.37. The first-order chi connectivity index (χ1) is 14.8. The van der Waals surface area contributed by atoms with Crippen molar-refractivity contribution in [1.29, 1.82) is 0 Å². The minimum atomic E-state index is -0.399. The van der Waals surface area contributed by atoms with Gasteiger partial charge in [0.1, 0.15) is 28.2 Å². The summed E-state index contributed by atoms with van der Waals surface area (Å²) in [5.74, 6) is -0.351. The number of hydrogen-bond acceptors (Lipinski definition) is 6. The van der Waals surface area contributed by atoms with Crippen LogP contribution in [0.15, 0.2) is 45.6 Å². The highest BCUT2D eigenvalue weighted by molar-refractivity contribution is 6.33. The third-order valence-electron chi connectivity index (χ3n) is 5.72. The Balaban J connectivity index is 1.96. The van der Waals surface area contributed by atoms with Crippen molar-refractivity contribution in [2.24, 2.45) is 0 Å². The lowest BCUT2D eigenvalue weighted by Crippen LogP contribution is -2.43. The summed E-state index contributed by atoms with van der Waals surface area (Å²) in [4.78, 5) is 15.2. The van der Waals surface area contributed by atoms with Crippen LogP contribution in [0.3, 0.4) is 0 Å². The number of fused-ring (bicyclic) bond motifs is 1. The molecule has 4 rings (SSSR count). The molecule has 1 saturated heterocycles. The maximum atomic E-state index is 13.0. The molecule has 7 heteroatoms. The van der Waals surface area contributed by atoms with E-state index in [1.165, 1.54) is 12.1 Å². The van der Waals surface area contributed by atoms with Crippen LogP contribution in [0.4, 0.5) is 0 Å². The molecule has 2 heterocycles. The zero-order chi connectivity index (χ0) is 22.3. The largest absolute Gasteiger partial charge is 0.507 e. The van der Waals surface area contributed by atoms with Crippen LogP contribution < -0.4 is 5.43 Å². The van der Waals surface area contributed by atoms with Gasteiger partial charge in [-0.05, 0) is 46.0 Å². The van der Waals surface area contributed by atoms with E-state index < -0.39 is 5.43 Å². The van der Waals surface area contributed by atoms with Gasteiger partial charge in [-0.15, -0.1) is 0 Å². The van der Waals surface area contributed by atoms with Crippen LogP contribution in [0.1, 0.15) is 31.7 Å². The molecule has 0 aliphatic carbocycles. The number of hydrogen-bond donors (Lipinski definition) is 2. The Kier molecular flexibility index (Phi) is 5.97. The summed E-state index contributed by atoms with van der Waals surface area (Å²) in [6.07, 6.45) is 0.503. The minimum Gasteiger partial charge on any atom is -0.507 e. The third-order valence-corrected chi connectivity index (χ3v) is 6.05. The van der Waals surface area contributed by atoms with Gasteiger partial charge in [-0.1, -0.05) is 23.7 Å². The van der Waals surface area contributed by atoms with Crippen LogP contribution in [-0.2, 0) is 4.74 Å². The standard InChI is InChI=1S/C24H26ClNO5/c1-13(2)30-21-12-26(3)9-8-15(21)22-17(27)10-18(28)23-19(29)11-20(31-24(22)23)14-6-4-5-7-16(14)25/h4-7,10-11,13,15,21,27-28H,8-9,12H2,1-3H3/t15-,21+/m1/s1. The van der Waals surface area contributed by atoms with Crippen molar-refractivity contribution >= 4 is 22.6 Å². The number of likely N-dealkylation sites (tertiary alicyclic amines) is 1. The zero-order valence-corrected chi connectivity index (χ0v) is 18.5. The maximum absolute atomic E-state index is 13.0. The summed E-state index contributed by atoms with van der Waals surface area (Å²) in [6.45, 7) is 5.42. The summed E-state index contributed by atoms with van der Waals surface area (Å²) in [5, 5.41) is 21.8. The number of phenolic OH excluding ortho intramolecular Hbond substituents is 2. The molecule has 0 bridgehead atoms. The van der Waals surface area contributed by atoms with Gasteiger partial charge >= 0.3 is 0 Å². The zero-order valence-electron chi connectivity index (χ0n) is 17.8. The summed E-state index contributed by atoms with van der Waals surface area (Å²) >= 11 is 6.32. The quantitative estimate of drug-likeness (QED) is 0.606. The number of halogens is 1. The molecule has 164 valence electrons. The number of aromatic hydroxyl groups is 2. The van der Waals surface area contributed by atoms with Gasteiger partial charge in [-0.3, -0.25) is 4.79 Å². The van der Waals surface area contributed by atoms with E-state index in [0.29, 0.717) is 29.1 Å². The maximum Gasteiger partial charge on any atom is 0.197 e. The van der Waals surface area contributed by atoms with Crippen molar-refractivity contribution in [3.8, 4) is 22.8 Å². The molecular weight excluding hydrogens is 418 g/mol. The Morgan fingerprint density at radius 3 is 2.65 bits per heavy atom. The smallest absolute Gasteiger partial charge is 0.197 e. The predicted octanol–water partition coefficient (Wildman–Crippen LogP) is 4.74. The molecule has 6 nitrogen and oxygen atoms in total. The van der Waals surface area contributed by atoms with E-state index in [1.54, 1.807) is 24.3 Å². The lowest BCUT2D eigenvalue weighted by molar-refractivity contribution is -0.0412. The molecule has 2 atom stereocenters. The number of benzene rings is 2. The number of ether oxygens (including phenoxy) is 1. The van der Waals surface area contributed by atoms with Crippen molar-refractivity contribution in [3.05, 3.63) is 57.2 Å². The lowest BCUT2D eigenvalue weighted by Gasteiger charge is -2.38. The Labute approximate surface area is 185 Å². The van der Waals surface area contributed by atoms with Crippen molar-refractivity contribution in [1.82, 2.24) is 4.90 Å². The fourth-order valence-corrected chi connectivity index (χ4v) is 4.59. The molecule has 2 aromatic carbocycles. The molecule has 31 heavy (non-hydrogen) atoms. The summed E-state index contributed by atoms with van der Waals surface area (Å²) in [6, 6.07) is 9.60.